The molecule has 0 atom stereocenters. The van der Waals surface area contributed by atoms with Gasteiger partial charge in [-0.1, -0.05) is 26.0 Å². The number of carbonyl (C=O) groups excluding carboxylic acids is 1. The average molecular weight is 419 g/mol. The fourth-order valence-electron chi connectivity index (χ4n) is 2.27. The van der Waals surface area contributed by atoms with Crippen LogP contribution < -0.4 is 11.1 Å². The Kier molecular flexibility index (Phi) is 8.65. The van der Waals surface area contributed by atoms with E-state index in [-0.39, 0.29) is 23.2 Å². The SMILES string of the molecule is CCN(CC)S(=O)(=O)c1ccc(CNC(=O)c2csc(CN)n2)cc1.Cl. The van der Waals surface area contributed by atoms with E-state index in [1.807, 2.05) is 0 Å². The summed E-state index contributed by atoms with van der Waals surface area (Å²) in [6, 6.07) is 6.51. The Labute approximate surface area is 164 Å². The molecule has 2 aromatic rings. The standard InChI is InChI=1S/C16H22N4O3S2.ClH/c1-3-20(4-2)25(22,23)13-7-5-12(6-8-13)10-18-16(21)14-11-24-15(9-17)19-14;/h5-8,11H,3-4,9-10,17H2,1-2H3,(H,18,21);1H. The molecule has 144 valence electrons. The second kappa shape index (κ2) is 9.98. The molecule has 0 saturated carbocycles. The van der Waals surface area contributed by atoms with E-state index in [0.29, 0.717) is 36.9 Å². The van der Waals surface area contributed by atoms with Gasteiger partial charge in [0.25, 0.3) is 5.91 Å². The fourth-order valence-corrected chi connectivity index (χ4v) is 4.39. The van der Waals surface area contributed by atoms with Gasteiger partial charge >= 0.3 is 0 Å². The first-order valence-electron chi connectivity index (χ1n) is 7.94. The number of rotatable bonds is 8. The molecule has 0 spiro atoms. The maximum absolute atomic E-state index is 12.4. The highest BCUT2D eigenvalue weighted by Crippen LogP contribution is 2.16. The third kappa shape index (κ3) is 5.24. The summed E-state index contributed by atoms with van der Waals surface area (Å²) in [5.74, 6) is -0.282. The number of thiazole rings is 1. The summed E-state index contributed by atoms with van der Waals surface area (Å²) in [7, 11) is -3.47. The third-order valence-corrected chi connectivity index (χ3v) is 6.61. The number of nitrogens with zero attached hydrogens (tertiary/aromatic N) is 2. The molecule has 0 saturated heterocycles. The number of hydrogen-bond acceptors (Lipinski definition) is 6. The third-order valence-electron chi connectivity index (χ3n) is 3.68. The molecule has 0 aliphatic heterocycles. The van der Waals surface area contributed by atoms with Crippen LogP contribution in [0, 0.1) is 0 Å². The van der Waals surface area contributed by atoms with Gasteiger partial charge in [-0.25, -0.2) is 13.4 Å². The molecule has 0 unspecified atom stereocenters. The lowest BCUT2D eigenvalue weighted by molar-refractivity contribution is 0.0946. The molecule has 0 radical (unpaired) electrons. The second-order valence-corrected chi connectivity index (χ2v) is 8.13. The number of carbonyl (C=O) groups is 1. The summed E-state index contributed by atoms with van der Waals surface area (Å²) in [6.07, 6.45) is 0. The van der Waals surface area contributed by atoms with Crippen molar-refractivity contribution in [2.24, 2.45) is 5.73 Å². The number of halogens is 1. The van der Waals surface area contributed by atoms with E-state index in [1.165, 1.54) is 15.6 Å². The molecule has 1 aromatic carbocycles. The van der Waals surface area contributed by atoms with Crippen molar-refractivity contribution in [3.63, 3.8) is 0 Å². The van der Waals surface area contributed by atoms with Crippen LogP contribution in [0.25, 0.3) is 0 Å². The molecule has 0 bridgehead atoms. The van der Waals surface area contributed by atoms with Gasteiger partial charge in [-0.05, 0) is 17.7 Å². The number of hydrogen-bond donors (Lipinski definition) is 2. The molecule has 3 N–H and O–H groups in total. The van der Waals surface area contributed by atoms with E-state index in [0.717, 1.165) is 5.56 Å². The van der Waals surface area contributed by atoms with Crippen molar-refractivity contribution in [3.05, 3.63) is 45.9 Å². The van der Waals surface area contributed by atoms with Crippen LogP contribution in [0.1, 0.15) is 34.9 Å². The topological polar surface area (TPSA) is 105 Å². The quantitative estimate of drug-likeness (QED) is 0.681. The number of sulfonamides is 1. The molecule has 10 heteroatoms. The van der Waals surface area contributed by atoms with Crippen molar-refractivity contribution in [3.8, 4) is 0 Å². The van der Waals surface area contributed by atoms with Gasteiger partial charge in [-0.2, -0.15) is 4.31 Å². The van der Waals surface area contributed by atoms with Gasteiger partial charge in [-0.3, -0.25) is 4.79 Å². The largest absolute Gasteiger partial charge is 0.347 e. The van der Waals surface area contributed by atoms with E-state index >= 15 is 0 Å². The monoisotopic (exact) mass is 418 g/mol. The van der Waals surface area contributed by atoms with E-state index < -0.39 is 10.0 Å². The molecule has 0 fully saturated rings. The van der Waals surface area contributed by atoms with Crippen LogP contribution in [0.4, 0.5) is 0 Å². The molecule has 26 heavy (non-hydrogen) atoms. The second-order valence-electron chi connectivity index (χ2n) is 5.25. The van der Waals surface area contributed by atoms with E-state index in [4.69, 9.17) is 5.73 Å². The van der Waals surface area contributed by atoms with Gasteiger partial charge in [0.1, 0.15) is 10.7 Å². The summed E-state index contributed by atoms with van der Waals surface area (Å²) < 4.78 is 26.3. The maximum Gasteiger partial charge on any atom is 0.271 e. The number of amides is 1. The number of nitrogens with two attached hydrogens (primary N) is 1. The summed E-state index contributed by atoms with van der Waals surface area (Å²) in [5.41, 5.74) is 6.63. The first-order valence-corrected chi connectivity index (χ1v) is 10.3. The predicted molar refractivity (Wildman–Crippen MR) is 105 cm³/mol. The fraction of sp³-hybridized carbons (Fsp3) is 0.375. The Bertz CT molecular complexity index is 818. The summed E-state index contributed by atoms with van der Waals surface area (Å²) in [6.45, 7) is 5.06. The molecule has 0 aliphatic carbocycles. The van der Waals surface area contributed by atoms with Gasteiger partial charge in [0, 0.05) is 31.6 Å². The lowest BCUT2D eigenvalue weighted by Crippen LogP contribution is -2.30. The minimum Gasteiger partial charge on any atom is -0.347 e. The van der Waals surface area contributed by atoms with Gasteiger partial charge in [0.05, 0.1) is 4.90 Å². The molecule has 0 aliphatic rings. The Morgan fingerprint density at radius 1 is 1.23 bits per heavy atom. The highest BCUT2D eigenvalue weighted by molar-refractivity contribution is 7.89. The van der Waals surface area contributed by atoms with Crippen LogP contribution in [0.15, 0.2) is 34.5 Å². The molecule has 2 rings (SSSR count). The Morgan fingerprint density at radius 3 is 2.35 bits per heavy atom. The smallest absolute Gasteiger partial charge is 0.271 e. The normalized spacial score (nSPS) is 11.2. The van der Waals surface area contributed by atoms with Crippen LogP contribution >= 0.6 is 23.7 Å². The minimum absolute atomic E-state index is 0. The van der Waals surface area contributed by atoms with E-state index in [9.17, 15) is 13.2 Å². The zero-order valence-corrected chi connectivity index (χ0v) is 17.1. The van der Waals surface area contributed by atoms with Crippen molar-refractivity contribution in [2.45, 2.75) is 31.8 Å². The van der Waals surface area contributed by atoms with Crippen LogP contribution in [-0.2, 0) is 23.1 Å². The lowest BCUT2D eigenvalue weighted by Gasteiger charge is -2.18. The number of nitrogens with one attached hydrogen (secondary N) is 1. The van der Waals surface area contributed by atoms with Crippen molar-refractivity contribution in [1.82, 2.24) is 14.6 Å². The van der Waals surface area contributed by atoms with Crippen molar-refractivity contribution >= 4 is 39.7 Å². The number of benzene rings is 1. The Balaban J connectivity index is 0.00000338. The maximum atomic E-state index is 12.4. The first kappa shape index (κ1) is 22.5. The van der Waals surface area contributed by atoms with Crippen LogP contribution in [0.2, 0.25) is 0 Å². The molecule has 7 nitrogen and oxygen atoms in total. The van der Waals surface area contributed by atoms with Crippen molar-refractivity contribution < 1.29 is 13.2 Å². The molecular weight excluding hydrogens is 396 g/mol. The highest BCUT2D eigenvalue weighted by atomic mass is 35.5. The first-order chi connectivity index (χ1) is 11.9. The predicted octanol–water partition coefficient (Wildman–Crippen LogP) is 1.98. The van der Waals surface area contributed by atoms with Gasteiger partial charge in [-0.15, -0.1) is 23.7 Å². The average Bonchev–Trinajstić information content (AvgIpc) is 3.10. The summed E-state index contributed by atoms with van der Waals surface area (Å²) in [5, 5.41) is 5.13. The summed E-state index contributed by atoms with van der Waals surface area (Å²) >= 11 is 1.34. The van der Waals surface area contributed by atoms with E-state index in [2.05, 4.69) is 10.3 Å². The zero-order chi connectivity index (χ0) is 18.4. The van der Waals surface area contributed by atoms with Crippen LogP contribution in [0.5, 0.6) is 0 Å². The van der Waals surface area contributed by atoms with Gasteiger partial charge < -0.3 is 11.1 Å². The molecule has 1 aromatic heterocycles. The van der Waals surface area contributed by atoms with E-state index in [1.54, 1.807) is 43.5 Å². The zero-order valence-electron chi connectivity index (χ0n) is 14.6. The lowest BCUT2D eigenvalue weighted by atomic mass is 10.2. The molecule has 1 heterocycles. The molecular formula is C16H23ClN4O3S2. The Morgan fingerprint density at radius 2 is 1.85 bits per heavy atom. The minimum atomic E-state index is -3.47. The Hall–Kier alpha value is -1.52. The van der Waals surface area contributed by atoms with Crippen molar-refractivity contribution in [2.75, 3.05) is 13.1 Å². The van der Waals surface area contributed by atoms with Gasteiger partial charge in [0.15, 0.2) is 0 Å². The van der Waals surface area contributed by atoms with Crippen molar-refractivity contribution in [1.29, 1.82) is 0 Å². The summed E-state index contributed by atoms with van der Waals surface area (Å²) in [4.78, 5) is 16.4. The van der Waals surface area contributed by atoms with Crippen LogP contribution in [0.3, 0.4) is 0 Å². The highest BCUT2D eigenvalue weighted by Gasteiger charge is 2.21. The van der Waals surface area contributed by atoms with Crippen LogP contribution in [-0.4, -0.2) is 36.7 Å². The number of aromatic nitrogens is 1. The molecule has 1 amide bonds. The van der Waals surface area contributed by atoms with Gasteiger partial charge in [0.2, 0.25) is 10.0 Å².